The molecule has 1 rings (SSSR count). The van der Waals surface area contributed by atoms with Crippen molar-refractivity contribution in [2.45, 2.75) is 33.4 Å². The Bertz CT molecular complexity index is 346. The van der Waals surface area contributed by atoms with Gasteiger partial charge in [-0.2, -0.15) is 5.10 Å². The van der Waals surface area contributed by atoms with Gasteiger partial charge in [0.05, 0.1) is 11.9 Å². The van der Waals surface area contributed by atoms with Crippen LogP contribution >= 0.6 is 0 Å². The molecule has 16 heavy (non-hydrogen) atoms. The summed E-state index contributed by atoms with van der Waals surface area (Å²) >= 11 is 0. The van der Waals surface area contributed by atoms with E-state index in [2.05, 4.69) is 36.5 Å². The molecule has 1 aromatic rings. The monoisotopic (exact) mass is 224 g/mol. The molecule has 0 bridgehead atoms. The van der Waals surface area contributed by atoms with Crippen molar-refractivity contribution in [1.29, 1.82) is 0 Å². The Balaban J connectivity index is 2.54. The maximum Gasteiger partial charge on any atom is 0.241 e. The molecule has 0 fully saturated rings. The molecule has 1 amide bonds. The highest BCUT2D eigenvalue weighted by Crippen LogP contribution is 2.11. The molecule has 1 atom stereocenters. The van der Waals surface area contributed by atoms with Crippen LogP contribution in [0.2, 0.25) is 0 Å². The van der Waals surface area contributed by atoms with Gasteiger partial charge in [0.1, 0.15) is 6.54 Å². The number of hydrogen-bond acceptors (Lipinski definition) is 3. The Labute approximate surface area is 96.2 Å². The highest BCUT2D eigenvalue weighted by atomic mass is 16.1. The van der Waals surface area contributed by atoms with Crippen molar-refractivity contribution >= 4 is 11.6 Å². The topological polar surface area (TPSA) is 59.0 Å². The van der Waals surface area contributed by atoms with Gasteiger partial charge in [-0.1, -0.05) is 13.8 Å². The van der Waals surface area contributed by atoms with Crippen molar-refractivity contribution in [3.05, 3.63) is 12.4 Å². The molecule has 5 nitrogen and oxygen atoms in total. The number of nitrogens with one attached hydrogen (secondary N) is 2. The van der Waals surface area contributed by atoms with Crippen LogP contribution in [0, 0.1) is 5.92 Å². The normalized spacial score (nSPS) is 12.6. The second kappa shape index (κ2) is 5.53. The number of amides is 1. The summed E-state index contributed by atoms with van der Waals surface area (Å²) in [5, 5.41) is 10.0. The van der Waals surface area contributed by atoms with Gasteiger partial charge in [0.2, 0.25) is 5.91 Å². The van der Waals surface area contributed by atoms with Crippen LogP contribution < -0.4 is 10.6 Å². The molecule has 0 spiro atoms. The van der Waals surface area contributed by atoms with Crippen molar-refractivity contribution in [3.63, 3.8) is 0 Å². The molecule has 0 aliphatic heterocycles. The third-order valence-corrected chi connectivity index (χ3v) is 2.61. The van der Waals surface area contributed by atoms with Crippen LogP contribution in [0.3, 0.4) is 0 Å². The van der Waals surface area contributed by atoms with Crippen molar-refractivity contribution in [2.75, 3.05) is 12.4 Å². The Morgan fingerprint density at radius 2 is 2.19 bits per heavy atom. The van der Waals surface area contributed by atoms with Crippen molar-refractivity contribution in [2.24, 2.45) is 5.92 Å². The predicted octanol–water partition coefficient (Wildman–Crippen LogP) is 1.09. The Morgan fingerprint density at radius 3 is 2.75 bits per heavy atom. The number of nitrogens with zero attached hydrogens (tertiary/aromatic N) is 2. The van der Waals surface area contributed by atoms with Crippen LogP contribution in [0.5, 0.6) is 0 Å². The van der Waals surface area contributed by atoms with Gasteiger partial charge < -0.3 is 10.6 Å². The molecule has 2 N–H and O–H groups in total. The molecule has 0 aliphatic carbocycles. The number of carbonyl (C=O) groups excluding carboxylic acids is 1. The van der Waals surface area contributed by atoms with Crippen LogP contribution in [0.15, 0.2) is 12.4 Å². The van der Waals surface area contributed by atoms with E-state index in [4.69, 9.17) is 0 Å². The van der Waals surface area contributed by atoms with Gasteiger partial charge in [0.15, 0.2) is 0 Å². The first kappa shape index (κ1) is 12.5. The number of anilines is 1. The number of hydrogen-bond donors (Lipinski definition) is 2. The van der Waals surface area contributed by atoms with Gasteiger partial charge in [-0.3, -0.25) is 9.48 Å². The fourth-order valence-corrected chi connectivity index (χ4v) is 1.18. The van der Waals surface area contributed by atoms with Crippen LogP contribution in [0.25, 0.3) is 0 Å². The van der Waals surface area contributed by atoms with E-state index in [0.29, 0.717) is 12.0 Å². The molecule has 5 heteroatoms. The van der Waals surface area contributed by atoms with E-state index in [1.165, 1.54) is 0 Å². The Morgan fingerprint density at radius 1 is 1.50 bits per heavy atom. The molecule has 1 aromatic heterocycles. The molecule has 0 radical (unpaired) electrons. The maximum absolute atomic E-state index is 11.1. The van der Waals surface area contributed by atoms with E-state index in [1.54, 1.807) is 17.9 Å². The van der Waals surface area contributed by atoms with Crippen molar-refractivity contribution in [1.82, 2.24) is 15.1 Å². The predicted molar refractivity (Wildman–Crippen MR) is 64.2 cm³/mol. The first-order chi connectivity index (χ1) is 7.52. The fourth-order valence-electron chi connectivity index (χ4n) is 1.18. The molecule has 90 valence electrons. The van der Waals surface area contributed by atoms with Gasteiger partial charge in [-0.25, -0.2) is 0 Å². The van der Waals surface area contributed by atoms with Gasteiger partial charge in [-0.15, -0.1) is 0 Å². The average molecular weight is 224 g/mol. The largest absolute Gasteiger partial charge is 0.380 e. The van der Waals surface area contributed by atoms with Gasteiger partial charge in [0.25, 0.3) is 0 Å². The van der Waals surface area contributed by atoms with E-state index in [0.717, 1.165) is 5.69 Å². The number of carbonyl (C=O) groups is 1. The number of aromatic nitrogens is 2. The summed E-state index contributed by atoms with van der Waals surface area (Å²) in [6.45, 7) is 6.70. The molecule has 0 saturated heterocycles. The van der Waals surface area contributed by atoms with Crippen LogP contribution in [0.1, 0.15) is 20.8 Å². The van der Waals surface area contributed by atoms with Gasteiger partial charge in [-0.05, 0) is 12.8 Å². The zero-order chi connectivity index (χ0) is 12.1. The van der Waals surface area contributed by atoms with Crippen LogP contribution in [0.4, 0.5) is 5.69 Å². The minimum atomic E-state index is -0.0495. The van der Waals surface area contributed by atoms with E-state index < -0.39 is 0 Å². The summed E-state index contributed by atoms with van der Waals surface area (Å²) in [4.78, 5) is 11.1. The van der Waals surface area contributed by atoms with Crippen LogP contribution in [-0.4, -0.2) is 28.8 Å². The lowest BCUT2D eigenvalue weighted by molar-refractivity contribution is -0.121. The third kappa shape index (κ3) is 3.56. The molecular formula is C11H20N4O. The standard InChI is InChI=1S/C11H20N4O/c1-8(2)9(3)14-10-5-13-15(6-10)7-11(16)12-4/h5-6,8-9,14H,7H2,1-4H3,(H,12,16). The third-order valence-electron chi connectivity index (χ3n) is 2.61. The number of rotatable bonds is 5. The lowest BCUT2D eigenvalue weighted by Crippen LogP contribution is -2.23. The molecule has 0 saturated carbocycles. The first-order valence-electron chi connectivity index (χ1n) is 5.52. The summed E-state index contributed by atoms with van der Waals surface area (Å²) in [6, 6.07) is 0.387. The van der Waals surface area contributed by atoms with Crippen molar-refractivity contribution in [3.8, 4) is 0 Å². The van der Waals surface area contributed by atoms with E-state index >= 15 is 0 Å². The average Bonchev–Trinajstić information content (AvgIpc) is 2.65. The summed E-state index contributed by atoms with van der Waals surface area (Å²) in [5.41, 5.74) is 0.949. The summed E-state index contributed by atoms with van der Waals surface area (Å²) in [7, 11) is 1.62. The number of likely N-dealkylation sites (N-methyl/N-ethyl adjacent to an activating group) is 1. The second-order valence-corrected chi connectivity index (χ2v) is 4.28. The van der Waals surface area contributed by atoms with Gasteiger partial charge in [0, 0.05) is 19.3 Å². The molecule has 0 aromatic carbocycles. The van der Waals surface area contributed by atoms with E-state index in [1.807, 2.05) is 6.20 Å². The van der Waals surface area contributed by atoms with Crippen molar-refractivity contribution < 1.29 is 4.79 Å². The van der Waals surface area contributed by atoms with Crippen LogP contribution in [-0.2, 0) is 11.3 Å². The zero-order valence-corrected chi connectivity index (χ0v) is 10.3. The minimum absolute atomic E-state index is 0.0495. The Kier molecular flexibility index (Phi) is 4.34. The highest BCUT2D eigenvalue weighted by molar-refractivity contribution is 5.75. The smallest absolute Gasteiger partial charge is 0.241 e. The minimum Gasteiger partial charge on any atom is -0.380 e. The molecule has 1 heterocycles. The summed E-state index contributed by atoms with van der Waals surface area (Å²) in [6.07, 6.45) is 3.58. The first-order valence-corrected chi connectivity index (χ1v) is 5.52. The molecule has 1 unspecified atom stereocenters. The lowest BCUT2D eigenvalue weighted by atomic mass is 10.1. The van der Waals surface area contributed by atoms with E-state index in [9.17, 15) is 4.79 Å². The van der Waals surface area contributed by atoms with Gasteiger partial charge >= 0.3 is 0 Å². The molecule has 0 aliphatic rings. The maximum atomic E-state index is 11.1. The Hall–Kier alpha value is -1.52. The highest BCUT2D eigenvalue weighted by Gasteiger charge is 2.08. The summed E-state index contributed by atoms with van der Waals surface area (Å²) in [5.74, 6) is 0.508. The lowest BCUT2D eigenvalue weighted by Gasteiger charge is -2.16. The SMILES string of the molecule is CNC(=O)Cn1cc(NC(C)C(C)C)cn1. The quantitative estimate of drug-likeness (QED) is 0.787. The summed E-state index contributed by atoms with van der Waals surface area (Å²) < 4.78 is 1.62. The fraction of sp³-hybridized carbons (Fsp3) is 0.636. The molecular weight excluding hydrogens is 204 g/mol. The van der Waals surface area contributed by atoms with E-state index in [-0.39, 0.29) is 12.5 Å². The second-order valence-electron chi connectivity index (χ2n) is 4.28. The zero-order valence-electron chi connectivity index (χ0n) is 10.3.